The lowest BCUT2D eigenvalue weighted by atomic mass is 9.74. The normalized spacial score (nSPS) is 24.1. The number of carboxylic acid groups (broad SMARTS) is 1. The zero-order chi connectivity index (χ0) is 13.9. The molecule has 108 valence electrons. The largest absolute Gasteiger partial charge is 0.481 e. The van der Waals surface area contributed by atoms with Crippen LogP contribution < -0.4 is 10.6 Å². The van der Waals surface area contributed by atoms with Gasteiger partial charge in [-0.25, -0.2) is 4.79 Å². The number of rotatable bonds is 4. The summed E-state index contributed by atoms with van der Waals surface area (Å²) in [4.78, 5) is 22.9. The number of carboxylic acids is 1. The summed E-state index contributed by atoms with van der Waals surface area (Å²) in [5.41, 5.74) is -0.798. The molecule has 0 aromatic carbocycles. The van der Waals surface area contributed by atoms with Crippen LogP contribution in [0.1, 0.15) is 45.4 Å². The van der Waals surface area contributed by atoms with Crippen LogP contribution in [0.2, 0.25) is 0 Å². The number of aliphatic carboxylic acids is 1. The fraction of sp³-hybridized carbons (Fsp3) is 0.846. The molecule has 0 aromatic rings. The second-order valence-electron chi connectivity index (χ2n) is 5.96. The van der Waals surface area contributed by atoms with E-state index in [0.29, 0.717) is 13.2 Å². The van der Waals surface area contributed by atoms with Gasteiger partial charge in [-0.15, -0.1) is 0 Å². The maximum Gasteiger partial charge on any atom is 0.315 e. The summed E-state index contributed by atoms with van der Waals surface area (Å²) in [6.07, 6.45) is 4.02. The second-order valence-corrected chi connectivity index (χ2v) is 5.96. The van der Waals surface area contributed by atoms with Gasteiger partial charge in [-0.2, -0.15) is 0 Å². The van der Waals surface area contributed by atoms with Gasteiger partial charge in [-0.1, -0.05) is 0 Å². The minimum Gasteiger partial charge on any atom is -0.481 e. The Morgan fingerprint density at radius 3 is 2.26 bits per heavy atom. The van der Waals surface area contributed by atoms with E-state index in [9.17, 15) is 9.59 Å². The molecule has 1 saturated carbocycles. The summed E-state index contributed by atoms with van der Waals surface area (Å²) in [5.74, 6) is -0.864. The van der Waals surface area contributed by atoms with Crippen LogP contribution in [0.3, 0.4) is 0 Å². The van der Waals surface area contributed by atoms with Crippen LogP contribution >= 0.6 is 0 Å². The van der Waals surface area contributed by atoms with Crippen LogP contribution in [0.15, 0.2) is 0 Å². The van der Waals surface area contributed by atoms with E-state index in [-0.39, 0.29) is 18.0 Å². The first-order valence-electron chi connectivity index (χ1n) is 6.83. The highest BCUT2D eigenvalue weighted by Crippen LogP contribution is 2.35. The van der Waals surface area contributed by atoms with Crippen molar-refractivity contribution < 1.29 is 19.4 Å². The molecule has 0 atom stereocenters. The van der Waals surface area contributed by atoms with Gasteiger partial charge < -0.3 is 20.5 Å². The molecule has 0 bridgehead atoms. The molecule has 0 aromatic heterocycles. The highest BCUT2D eigenvalue weighted by molar-refractivity contribution is 5.77. The van der Waals surface area contributed by atoms with Crippen molar-refractivity contribution in [3.8, 4) is 0 Å². The number of hydrogen-bond acceptors (Lipinski definition) is 3. The van der Waals surface area contributed by atoms with Crippen molar-refractivity contribution in [1.29, 1.82) is 0 Å². The van der Waals surface area contributed by atoms with Crippen molar-refractivity contribution in [1.82, 2.24) is 10.6 Å². The summed E-state index contributed by atoms with van der Waals surface area (Å²) >= 11 is 0. The lowest BCUT2D eigenvalue weighted by Crippen LogP contribution is -2.61. The quantitative estimate of drug-likeness (QED) is 0.717. The molecule has 0 spiro atoms. The molecule has 1 aliphatic heterocycles. The predicted molar refractivity (Wildman–Crippen MR) is 69.0 cm³/mol. The SMILES string of the molecule is CC1(NC(=O)NC2(CC(=O)O)CCC2)CCOCC1. The van der Waals surface area contributed by atoms with Crippen molar-refractivity contribution in [2.75, 3.05) is 13.2 Å². The van der Waals surface area contributed by atoms with Gasteiger partial charge in [0.2, 0.25) is 0 Å². The molecule has 2 fully saturated rings. The summed E-state index contributed by atoms with van der Waals surface area (Å²) in [5, 5.41) is 14.7. The minimum absolute atomic E-state index is 0.000243. The average Bonchev–Trinajstić information content (AvgIpc) is 2.25. The van der Waals surface area contributed by atoms with Gasteiger partial charge in [0.15, 0.2) is 0 Å². The molecule has 0 radical (unpaired) electrons. The Morgan fingerprint density at radius 1 is 1.16 bits per heavy atom. The van der Waals surface area contributed by atoms with Gasteiger partial charge in [0.1, 0.15) is 0 Å². The third-order valence-electron chi connectivity index (χ3n) is 4.19. The Kier molecular flexibility index (Phi) is 3.99. The first kappa shape index (κ1) is 14.1. The number of nitrogens with one attached hydrogen (secondary N) is 2. The number of amides is 2. The van der Waals surface area contributed by atoms with Gasteiger partial charge in [0.05, 0.1) is 12.0 Å². The molecular weight excluding hydrogens is 248 g/mol. The number of ether oxygens (including phenoxy) is 1. The maximum atomic E-state index is 12.1. The number of urea groups is 1. The van der Waals surface area contributed by atoms with E-state index >= 15 is 0 Å². The highest BCUT2D eigenvalue weighted by Gasteiger charge is 2.41. The van der Waals surface area contributed by atoms with E-state index in [1.165, 1.54) is 0 Å². The second kappa shape index (κ2) is 5.36. The van der Waals surface area contributed by atoms with E-state index in [0.717, 1.165) is 32.1 Å². The van der Waals surface area contributed by atoms with Crippen molar-refractivity contribution in [2.45, 2.75) is 56.5 Å². The summed E-state index contributed by atoms with van der Waals surface area (Å²) < 4.78 is 5.28. The van der Waals surface area contributed by atoms with Crippen LogP contribution in [0.5, 0.6) is 0 Å². The van der Waals surface area contributed by atoms with Crippen LogP contribution in [-0.4, -0.2) is 41.4 Å². The minimum atomic E-state index is -0.864. The first-order valence-corrected chi connectivity index (χ1v) is 6.83. The van der Waals surface area contributed by atoms with Gasteiger partial charge in [0.25, 0.3) is 0 Å². The van der Waals surface area contributed by atoms with Gasteiger partial charge in [-0.05, 0) is 39.0 Å². The third-order valence-corrected chi connectivity index (χ3v) is 4.19. The predicted octanol–water partition coefficient (Wildman–Crippen LogP) is 1.25. The number of hydrogen-bond donors (Lipinski definition) is 3. The summed E-state index contributed by atoms with van der Waals surface area (Å²) in [6, 6.07) is -0.259. The molecule has 1 heterocycles. The Morgan fingerprint density at radius 2 is 1.79 bits per heavy atom. The first-order chi connectivity index (χ1) is 8.93. The molecule has 6 nitrogen and oxygen atoms in total. The lowest BCUT2D eigenvalue weighted by Gasteiger charge is -2.43. The smallest absolute Gasteiger partial charge is 0.315 e. The molecule has 1 aliphatic carbocycles. The van der Waals surface area contributed by atoms with Crippen molar-refractivity contribution in [3.05, 3.63) is 0 Å². The average molecular weight is 270 g/mol. The van der Waals surface area contributed by atoms with Crippen molar-refractivity contribution in [2.24, 2.45) is 0 Å². The molecule has 2 amide bonds. The number of carbonyl (C=O) groups excluding carboxylic acids is 1. The van der Waals surface area contributed by atoms with Crippen LogP contribution in [0, 0.1) is 0 Å². The van der Waals surface area contributed by atoms with Gasteiger partial charge >= 0.3 is 12.0 Å². The monoisotopic (exact) mass is 270 g/mol. The van der Waals surface area contributed by atoms with Crippen molar-refractivity contribution in [3.63, 3.8) is 0 Å². The molecule has 6 heteroatoms. The fourth-order valence-electron chi connectivity index (χ4n) is 2.73. The lowest BCUT2D eigenvalue weighted by molar-refractivity contribution is -0.139. The zero-order valence-corrected chi connectivity index (χ0v) is 11.3. The van der Waals surface area contributed by atoms with E-state index in [4.69, 9.17) is 9.84 Å². The highest BCUT2D eigenvalue weighted by atomic mass is 16.5. The molecule has 2 rings (SSSR count). The fourth-order valence-corrected chi connectivity index (χ4v) is 2.73. The molecule has 0 unspecified atom stereocenters. The molecule has 19 heavy (non-hydrogen) atoms. The Balaban J connectivity index is 1.87. The number of carbonyl (C=O) groups is 2. The molecule has 3 N–H and O–H groups in total. The van der Waals surface area contributed by atoms with Crippen molar-refractivity contribution >= 4 is 12.0 Å². The van der Waals surface area contributed by atoms with E-state index in [1.54, 1.807) is 0 Å². The standard InChI is InChI=1S/C13H22N2O4/c1-12(5-7-19-8-6-12)14-11(18)15-13(3-2-4-13)9-10(16)17/h2-9H2,1H3,(H,16,17)(H2,14,15,18). The van der Waals surface area contributed by atoms with Crippen LogP contribution in [0.4, 0.5) is 4.79 Å². The summed E-state index contributed by atoms with van der Waals surface area (Å²) in [6.45, 7) is 3.30. The topological polar surface area (TPSA) is 87.7 Å². The maximum absolute atomic E-state index is 12.1. The Bertz CT molecular complexity index is 360. The van der Waals surface area contributed by atoms with Gasteiger partial charge in [-0.3, -0.25) is 4.79 Å². The van der Waals surface area contributed by atoms with Gasteiger partial charge in [0, 0.05) is 18.8 Å². The van der Waals surface area contributed by atoms with Crippen LogP contribution in [0.25, 0.3) is 0 Å². The molecule has 1 saturated heterocycles. The van der Waals surface area contributed by atoms with Crippen LogP contribution in [-0.2, 0) is 9.53 Å². The molecular formula is C13H22N2O4. The Labute approximate surface area is 112 Å². The Hall–Kier alpha value is -1.30. The van der Waals surface area contributed by atoms with E-state index in [1.807, 2.05) is 6.92 Å². The van der Waals surface area contributed by atoms with E-state index in [2.05, 4.69) is 10.6 Å². The van der Waals surface area contributed by atoms with E-state index < -0.39 is 11.5 Å². The zero-order valence-electron chi connectivity index (χ0n) is 11.3. The third kappa shape index (κ3) is 3.59. The molecule has 2 aliphatic rings. The summed E-state index contributed by atoms with van der Waals surface area (Å²) in [7, 11) is 0.